The molecule has 2 fully saturated rings. The molecule has 0 spiro atoms. The number of anilines is 2. The summed E-state index contributed by atoms with van der Waals surface area (Å²) < 4.78 is 56.7. The number of hydrogen-bond acceptors (Lipinski definition) is 6. The van der Waals surface area contributed by atoms with E-state index in [-0.39, 0.29) is 49.1 Å². The Morgan fingerprint density at radius 3 is 2.29 bits per heavy atom. The summed E-state index contributed by atoms with van der Waals surface area (Å²) in [4.78, 5) is 14.2. The number of hydrogen-bond donors (Lipinski definition) is 1. The van der Waals surface area contributed by atoms with Crippen LogP contribution in [0, 0.1) is 11.6 Å². The molecule has 2 saturated heterocycles. The quantitative estimate of drug-likeness (QED) is 0.842. The van der Waals surface area contributed by atoms with Crippen molar-refractivity contribution in [1.29, 1.82) is 0 Å². The predicted molar refractivity (Wildman–Crippen MR) is 83.9 cm³/mol. The van der Waals surface area contributed by atoms with E-state index < -0.39 is 33.7 Å². The van der Waals surface area contributed by atoms with Gasteiger partial charge in [-0.25, -0.2) is 22.0 Å². The van der Waals surface area contributed by atoms with E-state index in [4.69, 9.17) is 10.5 Å². The molecule has 2 heterocycles. The van der Waals surface area contributed by atoms with Crippen LogP contribution < -0.4 is 15.5 Å². The average molecular weight is 361 g/mol. The first-order valence-electron chi connectivity index (χ1n) is 7.43. The van der Waals surface area contributed by atoms with Crippen LogP contribution in [0.15, 0.2) is 12.1 Å². The van der Waals surface area contributed by atoms with Crippen LogP contribution in [0.1, 0.15) is 0 Å². The Hall–Kier alpha value is -1.94. The second-order valence-electron chi connectivity index (χ2n) is 5.75. The highest BCUT2D eigenvalue weighted by Crippen LogP contribution is 2.31. The number of ether oxygens (including phenoxy) is 1. The fourth-order valence-electron chi connectivity index (χ4n) is 2.80. The van der Waals surface area contributed by atoms with Crippen molar-refractivity contribution in [1.82, 2.24) is 0 Å². The summed E-state index contributed by atoms with van der Waals surface area (Å²) in [6.45, 7) is 0.288. The molecule has 0 unspecified atom stereocenters. The molecular weight excluding hydrogens is 344 g/mol. The van der Waals surface area contributed by atoms with Gasteiger partial charge in [0, 0.05) is 31.8 Å². The van der Waals surface area contributed by atoms with Gasteiger partial charge in [-0.15, -0.1) is 0 Å². The number of sulfone groups is 1. The van der Waals surface area contributed by atoms with E-state index in [1.54, 1.807) is 0 Å². The van der Waals surface area contributed by atoms with Crippen LogP contribution in [0.5, 0.6) is 0 Å². The summed E-state index contributed by atoms with van der Waals surface area (Å²) in [7, 11) is -3.15. The number of cyclic esters (lactones) is 1. The van der Waals surface area contributed by atoms with Crippen molar-refractivity contribution in [3.63, 3.8) is 0 Å². The van der Waals surface area contributed by atoms with Gasteiger partial charge >= 0.3 is 6.09 Å². The third-order valence-electron chi connectivity index (χ3n) is 4.11. The van der Waals surface area contributed by atoms with Crippen molar-refractivity contribution in [2.75, 3.05) is 47.5 Å². The minimum absolute atomic E-state index is 0.0243. The highest BCUT2D eigenvalue weighted by molar-refractivity contribution is 7.91. The number of amides is 1. The van der Waals surface area contributed by atoms with Crippen LogP contribution in [-0.2, 0) is 14.6 Å². The number of nitrogens with zero attached hydrogens (tertiary/aromatic N) is 2. The molecular formula is C14H17F2N3O4S. The molecule has 0 aliphatic carbocycles. The molecule has 2 aliphatic heterocycles. The fraction of sp³-hybridized carbons (Fsp3) is 0.500. The largest absolute Gasteiger partial charge is 0.443 e. The van der Waals surface area contributed by atoms with Gasteiger partial charge in [-0.1, -0.05) is 0 Å². The second kappa shape index (κ2) is 6.17. The Labute approximate surface area is 137 Å². The van der Waals surface area contributed by atoms with Crippen LogP contribution in [0.25, 0.3) is 0 Å². The first-order chi connectivity index (χ1) is 11.3. The van der Waals surface area contributed by atoms with E-state index >= 15 is 0 Å². The van der Waals surface area contributed by atoms with Crippen LogP contribution in [0.2, 0.25) is 0 Å². The molecule has 0 aromatic heterocycles. The first kappa shape index (κ1) is 16.9. The van der Waals surface area contributed by atoms with Crippen molar-refractivity contribution in [2.45, 2.75) is 6.10 Å². The van der Waals surface area contributed by atoms with Gasteiger partial charge in [0.1, 0.15) is 11.8 Å². The van der Waals surface area contributed by atoms with Gasteiger partial charge in [0.25, 0.3) is 0 Å². The van der Waals surface area contributed by atoms with E-state index in [2.05, 4.69) is 0 Å². The molecule has 1 aromatic rings. The van der Waals surface area contributed by atoms with Crippen molar-refractivity contribution in [2.24, 2.45) is 5.73 Å². The monoisotopic (exact) mass is 361 g/mol. The molecule has 1 aromatic carbocycles. The molecule has 1 amide bonds. The van der Waals surface area contributed by atoms with Crippen LogP contribution >= 0.6 is 0 Å². The van der Waals surface area contributed by atoms with Crippen molar-refractivity contribution < 1.29 is 26.7 Å². The number of carbonyl (C=O) groups excluding carboxylic acids is 1. The smallest absolute Gasteiger partial charge is 0.414 e. The van der Waals surface area contributed by atoms with Crippen LogP contribution in [0.4, 0.5) is 25.0 Å². The Kier molecular flexibility index (Phi) is 4.35. The highest BCUT2D eigenvalue weighted by Gasteiger charge is 2.33. The summed E-state index contributed by atoms with van der Waals surface area (Å²) in [5.74, 6) is -2.00. The standard InChI is InChI=1S/C14H17F2N3O4S/c15-11-5-9(19-8-10(7-17)23-14(19)20)6-12(16)13(11)18-1-3-24(21,22)4-2-18/h5-6,10H,1-4,7-8,17H2/t10-/m1/s1. The molecule has 24 heavy (non-hydrogen) atoms. The van der Waals surface area contributed by atoms with Gasteiger partial charge in [-0.2, -0.15) is 0 Å². The van der Waals surface area contributed by atoms with E-state index in [0.29, 0.717) is 0 Å². The van der Waals surface area contributed by atoms with Gasteiger partial charge in [0.2, 0.25) is 0 Å². The minimum atomic E-state index is -3.15. The zero-order chi connectivity index (χ0) is 17.5. The number of nitrogens with two attached hydrogens (primary N) is 1. The summed E-state index contributed by atoms with van der Waals surface area (Å²) in [5, 5.41) is 0. The van der Waals surface area contributed by atoms with Crippen LogP contribution in [-0.4, -0.2) is 58.3 Å². The van der Waals surface area contributed by atoms with E-state index in [1.165, 1.54) is 4.90 Å². The Morgan fingerprint density at radius 2 is 1.79 bits per heavy atom. The van der Waals surface area contributed by atoms with Crippen LogP contribution in [0.3, 0.4) is 0 Å². The number of benzene rings is 1. The van der Waals surface area contributed by atoms with E-state index in [9.17, 15) is 22.0 Å². The lowest BCUT2D eigenvalue weighted by atomic mass is 10.2. The molecule has 0 saturated carbocycles. The normalized spacial score (nSPS) is 23.5. The zero-order valence-electron chi connectivity index (χ0n) is 12.7. The lowest BCUT2D eigenvalue weighted by molar-refractivity contribution is 0.145. The summed E-state index contributed by atoms with van der Waals surface area (Å²) in [5.41, 5.74) is 5.19. The zero-order valence-corrected chi connectivity index (χ0v) is 13.6. The number of rotatable bonds is 3. The first-order valence-corrected chi connectivity index (χ1v) is 9.25. The Bertz CT molecular complexity index is 734. The van der Waals surface area contributed by atoms with E-state index in [1.807, 2.05) is 0 Å². The fourth-order valence-corrected chi connectivity index (χ4v) is 4.00. The molecule has 10 heteroatoms. The molecule has 2 N–H and O–H groups in total. The van der Waals surface area contributed by atoms with Crippen molar-refractivity contribution in [3.05, 3.63) is 23.8 Å². The predicted octanol–water partition coefficient (Wildman–Crippen LogP) is 0.483. The van der Waals surface area contributed by atoms with Gasteiger partial charge in [0.15, 0.2) is 21.5 Å². The second-order valence-corrected chi connectivity index (χ2v) is 8.05. The molecule has 1 atom stereocenters. The summed E-state index contributed by atoms with van der Waals surface area (Å²) in [6, 6.07) is 2.09. The molecule has 3 rings (SSSR count). The van der Waals surface area contributed by atoms with Gasteiger partial charge in [0.05, 0.1) is 23.7 Å². The number of carbonyl (C=O) groups is 1. The molecule has 7 nitrogen and oxygen atoms in total. The Balaban J connectivity index is 1.86. The third-order valence-corrected chi connectivity index (χ3v) is 5.72. The molecule has 132 valence electrons. The lowest BCUT2D eigenvalue weighted by Gasteiger charge is -2.29. The van der Waals surface area contributed by atoms with Crippen molar-refractivity contribution in [3.8, 4) is 0 Å². The third kappa shape index (κ3) is 3.16. The average Bonchev–Trinajstić information content (AvgIpc) is 2.89. The summed E-state index contributed by atoms with van der Waals surface area (Å²) >= 11 is 0. The topological polar surface area (TPSA) is 92.9 Å². The maximum absolute atomic E-state index is 14.4. The minimum Gasteiger partial charge on any atom is -0.443 e. The van der Waals surface area contributed by atoms with Gasteiger partial charge in [-0.05, 0) is 0 Å². The van der Waals surface area contributed by atoms with E-state index in [0.717, 1.165) is 17.0 Å². The number of halogens is 2. The molecule has 0 radical (unpaired) electrons. The maximum atomic E-state index is 14.4. The lowest BCUT2D eigenvalue weighted by Crippen LogP contribution is -2.41. The Morgan fingerprint density at radius 1 is 1.21 bits per heavy atom. The van der Waals surface area contributed by atoms with Gasteiger partial charge in [-0.3, -0.25) is 4.90 Å². The summed E-state index contributed by atoms with van der Waals surface area (Å²) in [6.07, 6.45) is -1.23. The molecule has 2 aliphatic rings. The highest BCUT2D eigenvalue weighted by atomic mass is 32.2. The van der Waals surface area contributed by atoms with Crippen molar-refractivity contribution >= 4 is 27.3 Å². The van der Waals surface area contributed by atoms with Gasteiger partial charge < -0.3 is 15.4 Å². The SMILES string of the molecule is NC[C@@H]1CN(c2cc(F)c(N3CCS(=O)(=O)CC3)c(F)c2)C(=O)O1. The molecule has 0 bridgehead atoms. The maximum Gasteiger partial charge on any atom is 0.414 e.